The van der Waals surface area contributed by atoms with Crippen LogP contribution in [-0.2, 0) is 6.54 Å². The van der Waals surface area contributed by atoms with Gasteiger partial charge in [-0.1, -0.05) is 30.3 Å². The van der Waals surface area contributed by atoms with Crippen molar-refractivity contribution in [2.24, 2.45) is 0 Å². The summed E-state index contributed by atoms with van der Waals surface area (Å²) in [6.45, 7) is 4.66. The highest BCUT2D eigenvalue weighted by Gasteiger charge is 2.18. The van der Waals surface area contributed by atoms with Gasteiger partial charge in [-0.3, -0.25) is 9.78 Å². The van der Waals surface area contributed by atoms with Crippen molar-refractivity contribution in [1.29, 1.82) is 0 Å². The minimum absolute atomic E-state index is 0.0455. The van der Waals surface area contributed by atoms with Gasteiger partial charge in [0, 0.05) is 48.9 Å². The number of aryl methyl sites for hydroxylation is 2. The molecule has 2 aromatic heterocycles. The first-order chi connectivity index (χ1) is 14.5. The van der Waals surface area contributed by atoms with Crippen molar-refractivity contribution in [2.45, 2.75) is 20.4 Å². The Morgan fingerprint density at radius 1 is 0.967 bits per heavy atom. The summed E-state index contributed by atoms with van der Waals surface area (Å²) in [6, 6.07) is 19.8. The van der Waals surface area contributed by atoms with Crippen molar-refractivity contribution in [3.8, 4) is 16.9 Å². The monoisotopic (exact) mass is 396 g/mol. The lowest BCUT2D eigenvalue weighted by molar-refractivity contribution is 0.0785. The zero-order chi connectivity index (χ0) is 21.1. The molecule has 0 aliphatic rings. The van der Waals surface area contributed by atoms with Crippen LogP contribution >= 0.6 is 0 Å². The molecule has 0 aliphatic carbocycles. The Morgan fingerprint density at radius 3 is 2.40 bits per heavy atom. The maximum atomic E-state index is 12.8. The second kappa shape index (κ2) is 8.33. The number of hydrogen-bond donors (Lipinski definition) is 0. The molecule has 0 unspecified atom stereocenters. The lowest BCUT2D eigenvalue weighted by Gasteiger charge is -2.17. The summed E-state index contributed by atoms with van der Waals surface area (Å²) >= 11 is 0. The fourth-order valence-corrected chi connectivity index (χ4v) is 3.41. The summed E-state index contributed by atoms with van der Waals surface area (Å²) in [5, 5.41) is 4.88. The number of carbonyl (C=O) groups is 1. The summed E-state index contributed by atoms with van der Waals surface area (Å²) in [4.78, 5) is 18.6. The maximum absolute atomic E-state index is 12.8. The van der Waals surface area contributed by atoms with Crippen LogP contribution in [0.3, 0.4) is 0 Å². The quantitative estimate of drug-likeness (QED) is 0.486. The topological polar surface area (TPSA) is 51.0 Å². The van der Waals surface area contributed by atoms with E-state index in [1.807, 2.05) is 48.3 Å². The highest BCUT2D eigenvalue weighted by Crippen LogP contribution is 2.27. The Balaban J connectivity index is 1.72. The Kier molecular flexibility index (Phi) is 5.44. The predicted octanol–water partition coefficient (Wildman–Crippen LogP) is 4.82. The molecule has 2 heterocycles. The summed E-state index contributed by atoms with van der Waals surface area (Å²) < 4.78 is 1.88. The summed E-state index contributed by atoms with van der Waals surface area (Å²) in [5.41, 5.74) is 6.99. The number of para-hydroxylation sites is 1. The van der Waals surface area contributed by atoms with Crippen molar-refractivity contribution < 1.29 is 4.79 Å². The average Bonchev–Trinajstić information content (AvgIpc) is 3.20. The molecule has 0 saturated heterocycles. The number of rotatable bonds is 5. The third-order valence-corrected chi connectivity index (χ3v) is 5.27. The van der Waals surface area contributed by atoms with E-state index in [1.54, 1.807) is 29.4 Å². The average molecular weight is 396 g/mol. The molecule has 4 rings (SSSR count). The van der Waals surface area contributed by atoms with Gasteiger partial charge in [-0.05, 0) is 55.3 Å². The molecular weight excluding hydrogens is 372 g/mol. The Bertz CT molecular complexity index is 1170. The van der Waals surface area contributed by atoms with E-state index in [0.29, 0.717) is 12.1 Å². The predicted molar refractivity (Wildman–Crippen MR) is 119 cm³/mol. The second-order valence-electron chi connectivity index (χ2n) is 7.48. The number of benzene rings is 2. The first kappa shape index (κ1) is 19.6. The fourth-order valence-electron chi connectivity index (χ4n) is 3.41. The van der Waals surface area contributed by atoms with Crippen LogP contribution in [0, 0.1) is 13.8 Å². The van der Waals surface area contributed by atoms with Gasteiger partial charge < -0.3 is 4.90 Å². The Morgan fingerprint density at radius 2 is 1.70 bits per heavy atom. The SMILES string of the molecule is Cc1ccc(-c2nn(-c3ccccc3)cc2CN(C)C(=O)c2ccncc2)cc1C. The van der Waals surface area contributed by atoms with Gasteiger partial charge in [0.1, 0.15) is 0 Å². The molecule has 0 fully saturated rings. The smallest absolute Gasteiger partial charge is 0.254 e. The van der Waals surface area contributed by atoms with Crippen LogP contribution in [0.5, 0.6) is 0 Å². The fraction of sp³-hybridized carbons (Fsp3) is 0.160. The largest absolute Gasteiger partial charge is 0.337 e. The summed E-state index contributed by atoms with van der Waals surface area (Å²) in [5.74, 6) is -0.0455. The van der Waals surface area contributed by atoms with Gasteiger partial charge in [0.2, 0.25) is 0 Å². The third kappa shape index (κ3) is 4.01. The highest BCUT2D eigenvalue weighted by molar-refractivity contribution is 5.93. The van der Waals surface area contributed by atoms with Crippen LogP contribution in [-0.4, -0.2) is 32.6 Å². The number of pyridine rings is 1. The van der Waals surface area contributed by atoms with Gasteiger partial charge in [-0.25, -0.2) is 4.68 Å². The molecule has 0 spiro atoms. The van der Waals surface area contributed by atoms with Crippen LogP contribution < -0.4 is 0 Å². The highest BCUT2D eigenvalue weighted by atomic mass is 16.2. The van der Waals surface area contributed by atoms with E-state index >= 15 is 0 Å². The molecule has 0 atom stereocenters. The number of aromatic nitrogens is 3. The van der Waals surface area contributed by atoms with Crippen LogP contribution in [0.15, 0.2) is 79.3 Å². The first-order valence-electron chi connectivity index (χ1n) is 9.90. The second-order valence-corrected chi connectivity index (χ2v) is 7.48. The van der Waals surface area contributed by atoms with E-state index in [0.717, 1.165) is 22.5 Å². The van der Waals surface area contributed by atoms with Gasteiger partial charge in [0.05, 0.1) is 11.4 Å². The van der Waals surface area contributed by atoms with Gasteiger partial charge in [-0.15, -0.1) is 0 Å². The maximum Gasteiger partial charge on any atom is 0.254 e. The summed E-state index contributed by atoms with van der Waals surface area (Å²) in [7, 11) is 1.81. The first-order valence-corrected chi connectivity index (χ1v) is 9.90. The molecule has 2 aromatic carbocycles. The Hall–Kier alpha value is -3.73. The molecule has 0 saturated carbocycles. The molecule has 0 N–H and O–H groups in total. The van der Waals surface area contributed by atoms with Crippen molar-refractivity contribution in [2.75, 3.05) is 7.05 Å². The van der Waals surface area contributed by atoms with Crippen molar-refractivity contribution in [1.82, 2.24) is 19.7 Å². The third-order valence-electron chi connectivity index (χ3n) is 5.27. The van der Waals surface area contributed by atoms with Crippen LogP contribution in [0.4, 0.5) is 0 Å². The normalized spacial score (nSPS) is 10.8. The molecule has 1 amide bonds. The molecule has 30 heavy (non-hydrogen) atoms. The van der Waals surface area contributed by atoms with Crippen LogP contribution in [0.25, 0.3) is 16.9 Å². The van der Waals surface area contributed by atoms with Gasteiger partial charge in [0.25, 0.3) is 5.91 Å². The lowest BCUT2D eigenvalue weighted by atomic mass is 10.0. The Labute approximate surface area is 176 Å². The van der Waals surface area contributed by atoms with E-state index in [4.69, 9.17) is 5.10 Å². The number of nitrogens with zero attached hydrogens (tertiary/aromatic N) is 4. The molecule has 0 radical (unpaired) electrons. The van der Waals surface area contributed by atoms with E-state index < -0.39 is 0 Å². The van der Waals surface area contributed by atoms with E-state index in [2.05, 4.69) is 37.0 Å². The lowest BCUT2D eigenvalue weighted by Crippen LogP contribution is -2.26. The summed E-state index contributed by atoms with van der Waals surface area (Å²) in [6.07, 6.45) is 5.28. The minimum Gasteiger partial charge on any atom is -0.337 e. The molecule has 5 heteroatoms. The molecule has 5 nitrogen and oxygen atoms in total. The standard InChI is InChI=1S/C25H24N4O/c1-18-9-10-21(15-19(18)2)24-22(17-29(27-24)23-7-5-4-6-8-23)16-28(3)25(30)20-11-13-26-14-12-20/h4-15,17H,16H2,1-3H3. The van der Waals surface area contributed by atoms with E-state index in [9.17, 15) is 4.79 Å². The number of carbonyl (C=O) groups excluding carboxylic acids is 1. The molecule has 4 aromatic rings. The minimum atomic E-state index is -0.0455. The molecule has 0 aliphatic heterocycles. The zero-order valence-electron chi connectivity index (χ0n) is 17.4. The van der Waals surface area contributed by atoms with Crippen molar-refractivity contribution >= 4 is 5.91 Å². The molecule has 0 bridgehead atoms. The number of amides is 1. The van der Waals surface area contributed by atoms with Crippen molar-refractivity contribution in [3.05, 3.63) is 102 Å². The molecule has 150 valence electrons. The van der Waals surface area contributed by atoms with Gasteiger partial charge >= 0.3 is 0 Å². The van der Waals surface area contributed by atoms with Gasteiger partial charge in [-0.2, -0.15) is 5.10 Å². The van der Waals surface area contributed by atoms with Crippen LogP contribution in [0.1, 0.15) is 27.0 Å². The van der Waals surface area contributed by atoms with E-state index in [1.165, 1.54) is 11.1 Å². The number of hydrogen-bond acceptors (Lipinski definition) is 3. The van der Waals surface area contributed by atoms with Crippen LogP contribution in [0.2, 0.25) is 0 Å². The van der Waals surface area contributed by atoms with Crippen molar-refractivity contribution in [3.63, 3.8) is 0 Å². The zero-order valence-corrected chi connectivity index (χ0v) is 17.4. The van der Waals surface area contributed by atoms with E-state index in [-0.39, 0.29) is 5.91 Å². The molecular formula is C25H24N4O. The van der Waals surface area contributed by atoms with Gasteiger partial charge in [0.15, 0.2) is 0 Å².